The Morgan fingerprint density at radius 1 is 1.25 bits per heavy atom. The molecule has 0 saturated carbocycles. The summed E-state index contributed by atoms with van der Waals surface area (Å²) < 4.78 is 12.8. The molecule has 2 heterocycles. The maximum absolute atomic E-state index is 12.1. The van der Waals surface area contributed by atoms with Gasteiger partial charge in [0.1, 0.15) is 5.75 Å². The van der Waals surface area contributed by atoms with Gasteiger partial charge in [-0.3, -0.25) is 14.4 Å². The van der Waals surface area contributed by atoms with Gasteiger partial charge in [0.05, 0.1) is 43.3 Å². The Morgan fingerprint density at radius 3 is 2.86 bits per heavy atom. The van der Waals surface area contributed by atoms with Crippen LogP contribution in [0.2, 0.25) is 10.0 Å². The van der Waals surface area contributed by atoms with Gasteiger partial charge in [0, 0.05) is 37.3 Å². The molecule has 1 fully saturated rings. The Balaban J connectivity index is 1.33. The van der Waals surface area contributed by atoms with Gasteiger partial charge in [-0.05, 0) is 24.6 Å². The molecule has 3 rings (SSSR count). The van der Waals surface area contributed by atoms with Crippen molar-refractivity contribution in [3.8, 4) is 5.75 Å². The van der Waals surface area contributed by atoms with E-state index in [4.69, 9.17) is 32.7 Å². The van der Waals surface area contributed by atoms with E-state index in [2.05, 4.69) is 15.3 Å². The molecule has 0 spiro atoms. The summed E-state index contributed by atoms with van der Waals surface area (Å²) in [6.07, 6.45) is 4.45. The Kier molecular flexibility index (Phi) is 7.97. The average Bonchev–Trinajstić information content (AvgIpc) is 3.13. The molecule has 0 radical (unpaired) electrons. The zero-order valence-corrected chi connectivity index (χ0v) is 17.1. The normalized spacial score (nSPS) is 14.8. The van der Waals surface area contributed by atoms with Crippen LogP contribution in [-0.4, -0.2) is 60.0 Å². The van der Waals surface area contributed by atoms with Crippen molar-refractivity contribution < 1.29 is 14.3 Å². The highest BCUT2D eigenvalue weighted by Gasteiger charge is 2.11. The number of aromatic nitrogens is 2. The van der Waals surface area contributed by atoms with Crippen LogP contribution in [0.15, 0.2) is 30.6 Å². The van der Waals surface area contributed by atoms with E-state index >= 15 is 0 Å². The van der Waals surface area contributed by atoms with Gasteiger partial charge in [0.15, 0.2) is 0 Å². The van der Waals surface area contributed by atoms with Crippen LogP contribution in [0.3, 0.4) is 0 Å². The summed E-state index contributed by atoms with van der Waals surface area (Å²) in [7, 11) is 0. The molecule has 28 heavy (non-hydrogen) atoms. The first-order valence-corrected chi connectivity index (χ1v) is 10.1. The Bertz CT molecular complexity index is 778. The van der Waals surface area contributed by atoms with Gasteiger partial charge in [-0.2, -0.15) is 5.10 Å². The van der Waals surface area contributed by atoms with Crippen molar-refractivity contribution in [2.24, 2.45) is 0 Å². The highest BCUT2D eigenvalue weighted by molar-refractivity contribution is 6.35. The lowest BCUT2D eigenvalue weighted by Gasteiger charge is -2.26. The SMILES string of the molecule is O=C(CCCOc1ccc(Cl)cc1Cl)Nc1cnn(CCN2CCOCC2)c1. The summed E-state index contributed by atoms with van der Waals surface area (Å²) in [5.41, 5.74) is 0.702. The Hall–Kier alpha value is -1.80. The zero-order valence-electron chi connectivity index (χ0n) is 15.6. The molecular weight excluding hydrogens is 403 g/mol. The summed E-state index contributed by atoms with van der Waals surface area (Å²) >= 11 is 11.9. The summed E-state index contributed by atoms with van der Waals surface area (Å²) in [6, 6.07) is 5.06. The monoisotopic (exact) mass is 426 g/mol. The number of ether oxygens (including phenoxy) is 2. The number of carbonyl (C=O) groups is 1. The first-order chi connectivity index (χ1) is 13.6. The summed E-state index contributed by atoms with van der Waals surface area (Å²) in [4.78, 5) is 14.4. The number of hydrogen-bond acceptors (Lipinski definition) is 5. The van der Waals surface area contributed by atoms with Crippen molar-refractivity contribution in [2.45, 2.75) is 19.4 Å². The number of benzene rings is 1. The molecule has 1 saturated heterocycles. The van der Waals surface area contributed by atoms with Gasteiger partial charge < -0.3 is 14.8 Å². The van der Waals surface area contributed by atoms with E-state index in [1.54, 1.807) is 24.4 Å². The minimum absolute atomic E-state index is 0.0708. The third kappa shape index (κ3) is 6.67. The van der Waals surface area contributed by atoms with E-state index in [0.717, 1.165) is 39.4 Å². The molecular formula is C19H24Cl2N4O3. The summed E-state index contributed by atoms with van der Waals surface area (Å²) in [5, 5.41) is 8.18. The van der Waals surface area contributed by atoms with Crippen LogP contribution in [0.1, 0.15) is 12.8 Å². The second-order valence-electron chi connectivity index (χ2n) is 6.52. The number of nitrogens with one attached hydrogen (secondary N) is 1. The minimum atomic E-state index is -0.0708. The Morgan fingerprint density at radius 2 is 2.07 bits per heavy atom. The van der Waals surface area contributed by atoms with Crippen molar-refractivity contribution in [3.05, 3.63) is 40.6 Å². The van der Waals surface area contributed by atoms with Crippen molar-refractivity contribution in [1.29, 1.82) is 0 Å². The molecule has 0 atom stereocenters. The zero-order chi connectivity index (χ0) is 19.8. The average molecular weight is 427 g/mol. The van der Waals surface area contributed by atoms with Gasteiger partial charge in [0.2, 0.25) is 5.91 Å². The van der Waals surface area contributed by atoms with Gasteiger partial charge in [-0.15, -0.1) is 0 Å². The fraction of sp³-hybridized carbons (Fsp3) is 0.474. The fourth-order valence-corrected chi connectivity index (χ4v) is 3.31. The van der Waals surface area contributed by atoms with Gasteiger partial charge in [-0.25, -0.2) is 0 Å². The van der Waals surface area contributed by atoms with Gasteiger partial charge in [-0.1, -0.05) is 23.2 Å². The highest BCUT2D eigenvalue weighted by atomic mass is 35.5. The maximum Gasteiger partial charge on any atom is 0.224 e. The summed E-state index contributed by atoms with van der Waals surface area (Å²) in [5.74, 6) is 0.492. The van der Waals surface area contributed by atoms with Crippen LogP contribution in [-0.2, 0) is 16.1 Å². The predicted molar refractivity (Wildman–Crippen MR) is 109 cm³/mol. The molecule has 9 heteroatoms. The molecule has 1 aromatic carbocycles. The standard InChI is InChI=1S/C19H24Cl2N4O3/c20-15-3-4-18(17(21)12-15)28-9-1-2-19(26)23-16-13-22-25(14-16)6-5-24-7-10-27-11-8-24/h3-4,12-14H,1-2,5-11H2,(H,23,26). The van der Waals surface area contributed by atoms with Gasteiger partial charge in [0.25, 0.3) is 0 Å². The van der Waals surface area contributed by atoms with Gasteiger partial charge >= 0.3 is 0 Å². The van der Waals surface area contributed by atoms with Crippen LogP contribution < -0.4 is 10.1 Å². The Labute approximate surface area is 174 Å². The van der Waals surface area contributed by atoms with Crippen LogP contribution in [0.5, 0.6) is 5.75 Å². The number of carbonyl (C=O) groups excluding carboxylic acids is 1. The van der Waals surface area contributed by atoms with Crippen molar-refractivity contribution in [1.82, 2.24) is 14.7 Å². The first-order valence-electron chi connectivity index (χ1n) is 9.30. The number of rotatable bonds is 9. The molecule has 1 amide bonds. The van der Waals surface area contributed by atoms with Crippen LogP contribution in [0.4, 0.5) is 5.69 Å². The number of morpholine rings is 1. The van der Waals surface area contributed by atoms with Crippen LogP contribution >= 0.6 is 23.2 Å². The van der Waals surface area contributed by atoms with E-state index < -0.39 is 0 Å². The molecule has 0 aliphatic carbocycles. The van der Waals surface area contributed by atoms with E-state index in [9.17, 15) is 4.79 Å². The van der Waals surface area contributed by atoms with E-state index in [1.807, 2.05) is 10.9 Å². The molecule has 7 nitrogen and oxygen atoms in total. The summed E-state index contributed by atoms with van der Waals surface area (Å²) in [6.45, 7) is 5.58. The van der Waals surface area contributed by atoms with Crippen molar-refractivity contribution in [2.75, 3.05) is 44.8 Å². The number of hydrogen-bond donors (Lipinski definition) is 1. The molecule has 152 valence electrons. The van der Waals surface area contributed by atoms with Crippen LogP contribution in [0.25, 0.3) is 0 Å². The number of nitrogens with zero attached hydrogens (tertiary/aromatic N) is 3. The smallest absolute Gasteiger partial charge is 0.224 e. The third-order valence-electron chi connectivity index (χ3n) is 4.37. The molecule has 0 bridgehead atoms. The lowest BCUT2D eigenvalue weighted by Crippen LogP contribution is -2.38. The minimum Gasteiger partial charge on any atom is -0.492 e. The molecule has 1 aliphatic rings. The topological polar surface area (TPSA) is 68.6 Å². The number of halogens is 2. The molecule has 1 N–H and O–H groups in total. The number of amides is 1. The van der Waals surface area contributed by atoms with Crippen molar-refractivity contribution >= 4 is 34.8 Å². The van der Waals surface area contributed by atoms with Crippen molar-refractivity contribution in [3.63, 3.8) is 0 Å². The number of anilines is 1. The van der Waals surface area contributed by atoms with E-state index in [-0.39, 0.29) is 5.91 Å². The lowest BCUT2D eigenvalue weighted by atomic mass is 10.3. The fourth-order valence-electron chi connectivity index (χ4n) is 2.85. The quantitative estimate of drug-likeness (QED) is 0.622. The molecule has 2 aromatic rings. The maximum atomic E-state index is 12.1. The van der Waals surface area contributed by atoms with Crippen LogP contribution in [0, 0.1) is 0 Å². The predicted octanol–water partition coefficient (Wildman–Crippen LogP) is 3.32. The molecule has 0 unspecified atom stereocenters. The molecule has 1 aromatic heterocycles. The second-order valence-corrected chi connectivity index (χ2v) is 7.36. The second kappa shape index (κ2) is 10.7. The highest BCUT2D eigenvalue weighted by Crippen LogP contribution is 2.27. The largest absolute Gasteiger partial charge is 0.492 e. The molecule has 1 aliphatic heterocycles. The first kappa shape index (κ1) is 20.9. The lowest BCUT2D eigenvalue weighted by molar-refractivity contribution is -0.116. The van der Waals surface area contributed by atoms with E-state index in [0.29, 0.717) is 40.9 Å². The van der Waals surface area contributed by atoms with E-state index in [1.165, 1.54) is 0 Å². The third-order valence-corrected chi connectivity index (χ3v) is 4.90.